The molecule has 5 nitrogen and oxygen atoms in total. The smallest absolute Gasteiger partial charge is 0.312 e. The summed E-state index contributed by atoms with van der Waals surface area (Å²) in [5.74, 6) is -0.580. The van der Waals surface area contributed by atoms with Crippen LogP contribution in [0.2, 0.25) is 0 Å². The molecule has 0 aromatic carbocycles. The highest BCUT2D eigenvalue weighted by Gasteiger charge is 2.68. The largest absolute Gasteiger partial charge is 0.455 e. The van der Waals surface area contributed by atoms with Crippen molar-refractivity contribution in [3.63, 3.8) is 0 Å². The van der Waals surface area contributed by atoms with Gasteiger partial charge in [-0.05, 0) is 20.3 Å². The first-order valence-electron chi connectivity index (χ1n) is 6.94. The van der Waals surface area contributed by atoms with Gasteiger partial charge in [0.05, 0.1) is 11.3 Å². The van der Waals surface area contributed by atoms with Gasteiger partial charge in [0.25, 0.3) is 0 Å². The topological polar surface area (TPSA) is 61.8 Å². The fraction of sp³-hybridized carbons (Fsp3) is 0.857. The molecule has 0 radical (unpaired) electrons. The van der Waals surface area contributed by atoms with E-state index < -0.39 is 17.6 Å². The molecule has 0 aromatic heterocycles. The highest BCUT2D eigenvalue weighted by molar-refractivity contribution is 5.79. The number of ether oxygens (including phenoxy) is 3. The summed E-state index contributed by atoms with van der Waals surface area (Å²) in [5.41, 5.74) is -0.521. The van der Waals surface area contributed by atoms with Gasteiger partial charge >= 0.3 is 11.9 Å². The number of carbonyl (C=O) groups excluding carboxylic acids is 2. The Hall–Kier alpha value is -1.10. The van der Waals surface area contributed by atoms with E-state index in [9.17, 15) is 9.59 Å². The summed E-state index contributed by atoms with van der Waals surface area (Å²) in [6, 6.07) is 0. The van der Waals surface area contributed by atoms with Gasteiger partial charge in [-0.25, -0.2) is 0 Å². The highest BCUT2D eigenvalue weighted by Crippen LogP contribution is 2.51. The second-order valence-corrected chi connectivity index (χ2v) is 6.46. The molecular weight excluding hydrogens is 248 g/mol. The molecule has 5 heteroatoms. The Kier molecular flexibility index (Phi) is 2.68. The molecule has 3 aliphatic rings. The molecule has 19 heavy (non-hydrogen) atoms. The molecule has 0 spiro atoms. The van der Waals surface area contributed by atoms with Crippen LogP contribution >= 0.6 is 0 Å². The van der Waals surface area contributed by atoms with Gasteiger partial charge in [-0.2, -0.15) is 0 Å². The average Bonchev–Trinajstić information content (AvgIpc) is 2.93. The fourth-order valence-corrected chi connectivity index (χ4v) is 3.18. The Labute approximate surface area is 112 Å². The van der Waals surface area contributed by atoms with Crippen molar-refractivity contribution in [3.8, 4) is 0 Å². The zero-order valence-electron chi connectivity index (χ0n) is 11.7. The van der Waals surface area contributed by atoms with Gasteiger partial charge in [0, 0.05) is 5.92 Å². The lowest BCUT2D eigenvalue weighted by Gasteiger charge is -2.29. The SMILES string of the molecule is CCC(C)(C)C(=O)OC1C2OC3C1OC(=O)C3C2C. The minimum atomic E-state index is -0.521. The lowest BCUT2D eigenvalue weighted by atomic mass is 9.79. The molecule has 0 saturated carbocycles. The van der Waals surface area contributed by atoms with Crippen molar-refractivity contribution in [2.75, 3.05) is 0 Å². The van der Waals surface area contributed by atoms with Crippen LogP contribution in [0.1, 0.15) is 34.1 Å². The average molecular weight is 268 g/mol. The molecule has 3 aliphatic heterocycles. The number of carbonyl (C=O) groups is 2. The van der Waals surface area contributed by atoms with Crippen molar-refractivity contribution in [1.29, 1.82) is 0 Å². The summed E-state index contributed by atoms with van der Waals surface area (Å²) in [7, 11) is 0. The molecule has 3 saturated heterocycles. The second kappa shape index (κ2) is 3.95. The minimum absolute atomic E-state index is 0.0544. The van der Waals surface area contributed by atoms with Gasteiger partial charge in [0.15, 0.2) is 12.2 Å². The molecular formula is C14H20O5. The van der Waals surface area contributed by atoms with E-state index in [1.165, 1.54) is 0 Å². The molecule has 3 heterocycles. The van der Waals surface area contributed by atoms with E-state index in [4.69, 9.17) is 14.2 Å². The molecule has 0 aliphatic carbocycles. The third-order valence-corrected chi connectivity index (χ3v) is 4.93. The van der Waals surface area contributed by atoms with Crippen LogP contribution in [0, 0.1) is 17.3 Å². The van der Waals surface area contributed by atoms with E-state index in [0.717, 1.165) is 0 Å². The van der Waals surface area contributed by atoms with E-state index in [0.29, 0.717) is 6.42 Å². The van der Waals surface area contributed by atoms with Gasteiger partial charge in [-0.1, -0.05) is 13.8 Å². The number of esters is 2. The number of hydrogen-bond acceptors (Lipinski definition) is 5. The van der Waals surface area contributed by atoms with Crippen LogP contribution in [0.25, 0.3) is 0 Å². The first kappa shape index (κ1) is 12.9. The Morgan fingerprint density at radius 3 is 2.63 bits per heavy atom. The molecule has 6 unspecified atom stereocenters. The zero-order valence-corrected chi connectivity index (χ0v) is 11.7. The van der Waals surface area contributed by atoms with Crippen LogP contribution in [-0.4, -0.2) is 36.4 Å². The lowest BCUT2D eigenvalue weighted by molar-refractivity contribution is -0.169. The third-order valence-electron chi connectivity index (χ3n) is 4.93. The van der Waals surface area contributed by atoms with E-state index in [2.05, 4.69) is 0 Å². The normalized spacial score (nSPS) is 43.5. The third kappa shape index (κ3) is 1.64. The predicted molar refractivity (Wildman–Crippen MR) is 65.1 cm³/mol. The van der Waals surface area contributed by atoms with Gasteiger partial charge in [-0.15, -0.1) is 0 Å². The Morgan fingerprint density at radius 1 is 1.32 bits per heavy atom. The number of rotatable bonds is 3. The van der Waals surface area contributed by atoms with Crippen molar-refractivity contribution >= 4 is 11.9 Å². The summed E-state index contributed by atoms with van der Waals surface area (Å²) < 4.78 is 16.7. The molecule has 3 rings (SSSR count). The molecule has 0 aromatic rings. The standard InChI is InChI=1S/C14H20O5/c1-5-14(3,4)13(16)19-10-8-6(2)7-9(17-8)11(10)18-12(7)15/h6-11H,5H2,1-4H3. The first-order chi connectivity index (χ1) is 8.86. The van der Waals surface area contributed by atoms with Crippen molar-refractivity contribution in [2.45, 2.75) is 58.5 Å². The van der Waals surface area contributed by atoms with E-state index >= 15 is 0 Å². The summed E-state index contributed by atoms with van der Waals surface area (Å²) >= 11 is 0. The zero-order chi connectivity index (χ0) is 13.9. The van der Waals surface area contributed by atoms with Crippen LogP contribution in [0.3, 0.4) is 0 Å². The summed E-state index contributed by atoms with van der Waals surface area (Å²) in [6.45, 7) is 7.63. The van der Waals surface area contributed by atoms with Gasteiger partial charge in [-0.3, -0.25) is 9.59 Å². The Bertz CT molecular complexity index is 430. The summed E-state index contributed by atoms with van der Waals surface area (Å²) in [4.78, 5) is 23.9. The quantitative estimate of drug-likeness (QED) is 0.722. The van der Waals surface area contributed by atoms with Crippen LogP contribution in [0.4, 0.5) is 0 Å². The van der Waals surface area contributed by atoms with Crippen molar-refractivity contribution in [2.24, 2.45) is 17.3 Å². The van der Waals surface area contributed by atoms with Crippen LogP contribution in [0.5, 0.6) is 0 Å². The lowest BCUT2D eigenvalue weighted by Crippen LogP contribution is -2.45. The van der Waals surface area contributed by atoms with E-state index in [1.807, 2.05) is 27.7 Å². The maximum atomic E-state index is 12.2. The van der Waals surface area contributed by atoms with Gasteiger partial charge in [0.2, 0.25) is 0 Å². The number of fused-ring (bicyclic) bond motifs is 1. The molecule has 0 N–H and O–H groups in total. The van der Waals surface area contributed by atoms with Crippen LogP contribution in [0.15, 0.2) is 0 Å². The van der Waals surface area contributed by atoms with Crippen molar-refractivity contribution < 1.29 is 23.8 Å². The van der Waals surface area contributed by atoms with Crippen molar-refractivity contribution in [1.82, 2.24) is 0 Å². The molecule has 6 atom stereocenters. The minimum Gasteiger partial charge on any atom is -0.455 e. The van der Waals surface area contributed by atoms with Crippen LogP contribution < -0.4 is 0 Å². The first-order valence-corrected chi connectivity index (χ1v) is 6.94. The van der Waals surface area contributed by atoms with Crippen LogP contribution in [-0.2, 0) is 23.8 Å². The maximum Gasteiger partial charge on any atom is 0.312 e. The second-order valence-electron chi connectivity index (χ2n) is 6.46. The van der Waals surface area contributed by atoms with Gasteiger partial charge < -0.3 is 14.2 Å². The van der Waals surface area contributed by atoms with Gasteiger partial charge in [0.1, 0.15) is 12.2 Å². The fourth-order valence-electron chi connectivity index (χ4n) is 3.18. The summed E-state index contributed by atoms with van der Waals surface area (Å²) in [6.07, 6.45) is -0.578. The summed E-state index contributed by atoms with van der Waals surface area (Å²) in [5, 5.41) is 0. The number of hydrogen-bond donors (Lipinski definition) is 0. The van der Waals surface area contributed by atoms with E-state index in [-0.39, 0.29) is 36.0 Å². The molecule has 106 valence electrons. The Morgan fingerprint density at radius 2 is 2.00 bits per heavy atom. The molecule has 0 amide bonds. The predicted octanol–water partition coefficient (Wildman–Crippen LogP) is 1.29. The molecule has 3 fully saturated rings. The van der Waals surface area contributed by atoms with E-state index in [1.54, 1.807) is 0 Å². The monoisotopic (exact) mass is 268 g/mol. The van der Waals surface area contributed by atoms with Crippen molar-refractivity contribution in [3.05, 3.63) is 0 Å². The maximum absolute atomic E-state index is 12.2. The highest BCUT2D eigenvalue weighted by atomic mass is 16.7. The Balaban J connectivity index is 1.78. The molecule has 2 bridgehead atoms.